The van der Waals surface area contributed by atoms with Crippen LogP contribution in [-0.2, 0) is 11.3 Å². The number of nitrogens with one attached hydrogen (secondary N) is 1. The van der Waals surface area contributed by atoms with E-state index in [1.807, 2.05) is 4.90 Å². The van der Waals surface area contributed by atoms with Crippen molar-refractivity contribution < 1.29 is 4.79 Å². The first-order chi connectivity index (χ1) is 8.22. The van der Waals surface area contributed by atoms with Gasteiger partial charge in [-0.25, -0.2) is 4.98 Å². The van der Waals surface area contributed by atoms with Crippen LogP contribution in [0.1, 0.15) is 12.0 Å². The Morgan fingerprint density at radius 1 is 1.59 bits per heavy atom. The molecule has 0 unspecified atom stereocenters. The summed E-state index contributed by atoms with van der Waals surface area (Å²) in [4.78, 5) is 17.6. The average Bonchev–Trinajstić information content (AvgIpc) is 2.54. The maximum Gasteiger partial charge on any atom is 0.239 e. The Bertz CT molecular complexity index is 424. The molecule has 2 heterocycles. The molecule has 1 aliphatic heterocycles. The van der Waals surface area contributed by atoms with Crippen molar-refractivity contribution in [2.75, 3.05) is 24.5 Å². The van der Waals surface area contributed by atoms with E-state index in [-0.39, 0.29) is 5.91 Å². The Morgan fingerprint density at radius 2 is 2.41 bits per heavy atom. The lowest BCUT2D eigenvalue weighted by molar-refractivity contribution is -0.119. The maximum atomic E-state index is 11.5. The van der Waals surface area contributed by atoms with Gasteiger partial charge in [-0.2, -0.15) is 0 Å². The molecule has 3 N–H and O–H groups in total. The minimum absolute atomic E-state index is 0.00137. The molecule has 17 heavy (non-hydrogen) atoms. The predicted molar refractivity (Wildman–Crippen MR) is 67.0 cm³/mol. The van der Waals surface area contributed by atoms with E-state index in [0.29, 0.717) is 30.5 Å². The van der Waals surface area contributed by atoms with Crippen LogP contribution in [0.3, 0.4) is 0 Å². The first kappa shape index (κ1) is 12.1. The lowest BCUT2D eigenvalue weighted by atomic mass is 10.2. The van der Waals surface area contributed by atoms with E-state index < -0.39 is 0 Å². The molecule has 0 aliphatic carbocycles. The number of nitrogens with two attached hydrogens (primary N) is 1. The van der Waals surface area contributed by atoms with Gasteiger partial charge in [-0.05, 0) is 18.1 Å². The lowest BCUT2D eigenvalue weighted by Gasteiger charge is -2.21. The maximum absolute atomic E-state index is 11.5. The average molecular weight is 255 g/mol. The molecular weight excluding hydrogens is 240 g/mol. The third-order valence-corrected chi connectivity index (χ3v) is 3.14. The van der Waals surface area contributed by atoms with Crippen molar-refractivity contribution in [1.29, 1.82) is 0 Å². The molecule has 0 atom stereocenters. The van der Waals surface area contributed by atoms with Crippen molar-refractivity contribution in [1.82, 2.24) is 10.3 Å². The second-order valence-corrected chi connectivity index (χ2v) is 4.31. The van der Waals surface area contributed by atoms with Crippen LogP contribution in [0.15, 0.2) is 12.3 Å². The summed E-state index contributed by atoms with van der Waals surface area (Å²) in [5.41, 5.74) is 6.45. The van der Waals surface area contributed by atoms with Gasteiger partial charge in [0.2, 0.25) is 5.91 Å². The normalized spacial score (nSPS) is 16.6. The zero-order valence-electron chi connectivity index (χ0n) is 9.45. The topological polar surface area (TPSA) is 71.2 Å². The molecular formula is C11H15ClN4O. The van der Waals surface area contributed by atoms with E-state index in [4.69, 9.17) is 17.3 Å². The Hall–Kier alpha value is -1.33. The number of aromatic nitrogens is 1. The van der Waals surface area contributed by atoms with E-state index in [9.17, 15) is 4.79 Å². The molecule has 1 fully saturated rings. The minimum Gasteiger partial charge on any atom is -0.354 e. The van der Waals surface area contributed by atoms with Gasteiger partial charge in [0.1, 0.15) is 5.82 Å². The second-order valence-electron chi connectivity index (χ2n) is 3.94. The van der Waals surface area contributed by atoms with Crippen LogP contribution in [0.5, 0.6) is 0 Å². The van der Waals surface area contributed by atoms with E-state index in [1.165, 1.54) is 0 Å². The monoisotopic (exact) mass is 254 g/mol. The van der Waals surface area contributed by atoms with Gasteiger partial charge in [0, 0.05) is 25.8 Å². The highest BCUT2D eigenvalue weighted by Crippen LogP contribution is 2.26. The Balaban J connectivity index is 2.29. The summed E-state index contributed by atoms with van der Waals surface area (Å²) in [5, 5.41) is 3.36. The molecule has 1 saturated heterocycles. The third-order valence-electron chi connectivity index (χ3n) is 2.73. The molecule has 1 aliphatic rings. The van der Waals surface area contributed by atoms with Crippen molar-refractivity contribution in [3.8, 4) is 0 Å². The van der Waals surface area contributed by atoms with Gasteiger partial charge in [0.25, 0.3) is 0 Å². The molecule has 2 rings (SSSR count). The van der Waals surface area contributed by atoms with E-state index in [1.54, 1.807) is 12.3 Å². The highest BCUT2D eigenvalue weighted by atomic mass is 35.5. The van der Waals surface area contributed by atoms with Crippen molar-refractivity contribution in [2.24, 2.45) is 5.73 Å². The smallest absolute Gasteiger partial charge is 0.239 e. The number of amides is 1. The quantitative estimate of drug-likeness (QED) is 0.807. The number of nitrogens with zero attached hydrogens (tertiary/aromatic N) is 2. The minimum atomic E-state index is -0.00137. The lowest BCUT2D eigenvalue weighted by Crippen LogP contribution is -2.33. The summed E-state index contributed by atoms with van der Waals surface area (Å²) >= 11 is 6.23. The van der Waals surface area contributed by atoms with Crippen LogP contribution in [-0.4, -0.2) is 30.5 Å². The van der Waals surface area contributed by atoms with Crippen LogP contribution in [0, 0.1) is 0 Å². The van der Waals surface area contributed by atoms with Crippen LogP contribution >= 0.6 is 11.6 Å². The second kappa shape index (κ2) is 5.33. The van der Waals surface area contributed by atoms with E-state index in [2.05, 4.69) is 10.3 Å². The zero-order valence-corrected chi connectivity index (χ0v) is 10.2. The summed E-state index contributed by atoms with van der Waals surface area (Å²) in [6.07, 6.45) is 2.56. The highest BCUT2D eigenvalue weighted by molar-refractivity contribution is 6.33. The van der Waals surface area contributed by atoms with Crippen molar-refractivity contribution in [3.05, 3.63) is 22.8 Å². The first-order valence-electron chi connectivity index (χ1n) is 5.57. The Morgan fingerprint density at radius 3 is 3.18 bits per heavy atom. The van der Waals surface area contributed by atoms with Gasteiger partial charge < -0.3 is 16.0 Å². The van der Waals surface area contributed by atoms with E-state index >= 15 is 0 Å². The van der Waals surface area contributed by atoms with Crippen molar-refractivity contribution >= 4 is 23.3 Å². The van der Waals surface area contributed by atoms with E-state index in [0.717, 1.165) is 18.5 Å². The molecule has 1 amide bonds. The summed E-state index contributed by atoms with van der Waals surface area (Å²) in [5.74, 6) is 0.644. The van der Waals surface area contributed by atoms with Gasteiger partial charge in [-0.3, -0.25) is 4.79 Å². The molecule has 1 aromatic rings. The number of hydrogen-bond acceptors (Lipinski definition) is 4. The fraction of sp³-hybridized carbons (Fsp3) is 0.455. The van der Waals surface area contributed by atoms with Crippen molar-refractivity contribution in [2.45, 2.75) is 13.0 Å². The van der Waals surface area contributed by atoms with Gasteiger partial charge in [-0.15, -0.1) is 0 Å². The van der Waals surface area contributed by atoms with Crippen molar-refractivity contribution in [3.63, 3.8) is 0 Å². The largest absolute Gasteiger partial charge is 0.354 e. The molecule has 6 heteroatoms. The fourth-order valence-corrected chi connectivity index (χ4v) is 2.14. The molecule has 0 saturated carbocycles. The number of rotatable bonds is 2. The summed E-state index contributed by atoms with van der Waals surface area (Å²) in [6.45, 7) is 2.12. The summed E-state index contributed by atoms with van der Waals surface area (Å²) in [7, 11) is 0. The molecule has 0 radical (unpaired) electrons. The van der Waals surface area contributed by atoms with Crippen LogP contribution in [0.2, 0.25) is 5.02 Å². The number of halogens is 1. The molecule has 92 valence electrons. The van der Waals surface area contributed by atoms with Gasteiger partial charge in [-0.1, -0.05) is 11.6 Å². The number of hydrogen-bond donors (Lipinski definition) is 2. The summed E-state index contributed by atoms with van der Waals surface area (Å²) < 4.78 is 0. The molecule has 1 aromatic heterocycles. The van der Waals surface area contributed by atoms with Gasteiger partial charge in [0.05, 0.1) is 11.6 Å². The third kappa shape index (κ3) is 2.68. The standard InChI is InChI=1S/C11H15ClN4O/c12-10-8(6-13)2-4-15-11(10)16-5-1-3-14-9(17)7-16/h2,4H,1,3,5-7,13H2,(H,14,17). The Kier molecular flexibility index (Phi) is 3.81. The summed E-state index contributed by atoms with van der Waals surface area (Å²) in [6, 6.07) is 1.80. The van der Waals surface area contributed by atoms with Crippen LogP contribution in [0.25, 0.3) is 0 Å². The Labute approximate surface area is 105 Å². The molecule has 5 nitrogen and oxygen atoms in total. The number of carbonyl (C=O) groups is 1. The molecule has 0 spiro atoms. The first-order valence-corrected chi connectivity index (χ1v) is 5.95. The van der Waals surface area contributed by atoms with Gasteiger partial charge >= 0.3 is 0 Å². The predicted octanol–water partition coefficient (Wildman–Crippen LogP) is 0.520. The number of carbonyl (C=O) groups excluding carboxylic acids is 1. The van der Waals surface area contributed by atoms with Crippen LogP contribution in [0.4, 0.5) is 5.82 Å². The molecule has 0 aromatic carbocycles. The number of pyridine rings is 1. The SMILES string of the molecule is NCc1ccnc(N2CCCNC(=O)C2)c1Cl. The van der Waals surface area contributed by atoms with Gasteiger partial charge in [0.15, 0.2) is 0 Å². The zero-order chi connectivity index (χ0) is 12.3. The highest BCUT2D eigenvalue weighted by Gasteiger charge is 2.19. The molecule has 0 bridgehead atoms. The van der Waals surface area contributed by atoms with Crippen LogP contribution < -0.4 is 16.0 Å². The number of anilines is 1. The fourth-order valence-electron chi connectivity index (χ4n) is 1.84.